The van der Waals surface area contributed by atoms with Crippen LogP contribution < -0.4 is 4.90 Å². The zero-order valence-electron chi connectivity index (χ0n) is 27.8. The van der Waals surface area contributed by atoms with E-state index < -0.39 is 0 Å². The fourth-order valence-corrected chi connectivity index (χ4v) is 9.82. The molecular formula is C48H32N2Se. The average Bonchev–Trinajstić information content (AvgIpc) is 3.74. The number of hydrogen-bond acceptors (Lipinski definition) is 1. The number of nitrogens with zero attached hydrogens (tertiary/aromatic N) is 2. The summed E-state index contributed by atoms with van der Waals surface area (Å²) < 4.78 is 5.30. The van der Waals surface area contributed by atoms with Crippen LogP contribution in [0.2, 0.25) is 0 Å². The summed E-state index contributed by atoms with van der Waals surface area (Å²) in [6, 6.07) is 70.8. The molecule has 0 aliphatic carbocycles. The first-order valence-corrected chi connectivity index (χ1v) is 19.1. The van der Waals surface area contributed by atoms with E-state index in [1.165, 1.54) is 69.0 Å². The topological polar surface area (TPSA) is 8.17 Å². The summed E-state index contributed by atoms with van der Waals surface area (Å²) in [4.78, 5) is 2.39. The standard InChI is InChI=1S/C48H32N2Se/c1-3-11-33(12-4-1)34-19-24-38(25-20-34)49(40-28-30-48-44(32-40)43-16-8-10-18-47(43)51-48)39-26-21-35(22-27-39)36-23-29-42-41-15-7-9-17-45(41)50(46(42)31-36)37-13-5-2-6-14-37/h1-32H. The maximum absolute atomic E-state index is 2.39. The van der Waals surface area contributed by atoms with Gasteiger partial charge in [-0.25, -0.2) is 0 Å². The molecule has 0 saturated carbocycles. The van der Waals surface area contributed by atoms with Crippen LogP contribution in [-0.4, -0.2) is 19.1 Å². The molecule has 0 fully saturated rings. The van der Waals surface area contributed by atoms with Gasteiger partial charge in [0.15, 0.2) is 0 Å². The van der Waals surface area contributed by atoms with E-state index in [0.717, 1.165) is 17.1 Å². The number of fused-ring (bicyclic) bond motifs is 6. The van der Waals surface area contributed by atoms with Crippen molar-refractivity contribution in [1.82, 2.24) is 4.57 Å². The molecule has 0 aliphatic heterocycles. The van der Waals surface area contributed by atoms with Gasteiger partial charge in [-0.1, -0.05) is 42.5 Å². The van der Waals surface area contributed by atoms with E-state index in [1.54, 1.807) is 0 Å². The SMILES string of the molecule is c1ccc(-c2ccc(N(c3ccc(-c4ccc5c6ccccc6n(-c6ccccc6)c5c4)cc3)c3ccc4[se]c5ccccc5c4c3)cc2)cc1. The Morgan fingerprint density at radius 3 is 1.61 bits per heavy atom. The predicted octanol–water partition coefficient (Wildman–Crippen LogP) is 13.0. The van der Waals surface area contributed by atoms with E-state index in [2.05, 4.69) is 204 Å². The molecule has 3 heteroatoms. The molecule has 2 nitrogen and oxygen atoms in total. The van der Waals surface area contributed by atoms with E-state index in [-0.39, 0.29) is 0 Å². The van der Waals surface area contributed by atoms with Crippen molar-refractivity contribution in [3.05, 3.63) is 194 Å². The Morgan fingerprint density at radius 2 is 0.863 bits per heavy atom. The molecule has 240 valence electrons. The summed E-state index contributed by atoms with van der Waals surface area (Å²) in [5.41, 5.74) is 11.8. The number of para-hydroxylation sites is 2. The molecule has 8 aromatic carbocycles. The molecule has 51 heavy (non-hydrogen) atoms. The van der Waals surface area contributed by atoms with Crippen molar-refractivity contribution in [1.29, 1.82) is 0 Å². The van der Waals surface area contributed by atoms with Crippen molar-refractivity contribution in [2.24, 2.45) is 0 Å². The quantitative estimate of drug-likeness (QED) is 0.156. The van der Waals surface area contributed by atoms with Crippen LogP contribution in [0.4, 0.5) is 17.1 Å². The summed E-state index contributed by atoms with van der Waals surface area (Å²) >= 11 is 0.335. The fraction of sp³-hybridized carbons (Fsp3) is 0. The van der Waals surface area contributed by atoms with Gasteiger partial charge in [-0.05, 0) is 18.2 Å². The van der Waals surface area contributed by atoms with E-state index in [9.17, 15) is 0 Å². The second kappa shape index (κ2) is 12.3. The van der Waals surface area contributed by atoms with Crippen LogP contribution in [0.1, 0.15) is 0 Å². The minimum absolute atomic E-state index is 0.335. The van der Waals surface area contributed by atoms with Crippen molar-refractivity contribution >= 4 is 72.7 Å². The molecule has 2 aromatic heterocycles. The second-order valence-electron chi connectivity index (χ2n) is 13.0. The molecule has 0 unspecified atom stereocenters. The first kappa shape index (κ1) is 29.8. The van der Waals surface area contributed by atoms with Gasteiger partial charge in [0.2, 0.25) is 0 Å². The van der Waals surface area contributed by atoms with Crippen LogP contribution in [-0.2, 0) is 0 Å². The number of aromatic nitrogens is 1. The Hall–Kier alpha value is -6.12. The van der Waals surface area contributed by atoms with Gasteiger partial charge >= 0.3 is 217 Å². The number of rotatable bonds is 6. The Kier molecular flexibility index (Phi) is 7.20. The molecule has 10 rings (SSSR count). The number of hydrogen-bond donors (Lipinski definition) is 0. The van der Waals surface area contributed by atoms with Gasteiger partial charge in [0.05, 0.1) is 5.52 Å². The zero-order valence-corrected chi connectivity index (χ0v) is 29.5. The maximum atomic E-state index is 2.39. The summed E-state index contributed by atoms with van der Waals surface area (Å²) in [6.07, 6.45) is 0. The normalized spacial score (nSPS) is 11.5. The second-order valence-corrected chi connectivity index (χ2v) is 15.3. The molecule has 0 atom stereocenters. The molecule has 0 spiro atoms. The van der Waals surface area contributed by atoms with Crippen LogP contribution in [0, 0.1) is 0 Å². The van der Waals surface area contributed by atoms with E-state index >= 15 is 0 Å². The molecule has 0 radical (unpaired) electrons. The van der Waals surface area contributed by atoms with Gasteiger partial charge in [0.25, 0.3) is 0 Å². The van der Waals surface area contributed by atoms with Crippen LogP contribution in [0.3, 0.4) is 0 Å². The zero-order chi connectivity index (χ0) is 33.7. The van der Waals surface area contributed by atoms with Gasteiger partial charge in [0.1, 0.15) is 0 Å². The molecular weight excluding hydrogens is 684 g/mol. The monoisotopic (exact) mass is 716 g/mol. The summed E-state index contributed by atoms with van der Waals surface area (Å²) in [5, 5.41) is 5.25. The van der Waals surface area contributed by atoms with Crippen molar-refractivity contribution in [3.63, 3.8) is 0 Å². The summed E-state index contributed by atoms with van der Waals surface area (Å²) in [7, 11) is 0. The Balaban J connectivity index is 1.08. The molecule has 2 heterocycles. The predicted molar refractivity (Wildman–Crippen MR) is 218 cm³/mol. The van der Waals surface area contributed by atoms with Gasteiger partial charge in [0, 0.05) is 16.5 Å². The van der Waals surface area contributed by atoms with Crippen LogP contribution in [0.5, 0.6) is 0 Å². The first-order valence-electron chi connectivity index (χ1n) is 17.3. The molecule has 0 amide bonds. The van der Waals surface area contributed by atoms with E-state index in [4.69, 9.17) is 0 Å². The van der Waals surface area contributed by atoms with Gasteiger partial charge in [-0.2, -0.15) is 0 Å². The van der Waals surface area contributed by atoms with Gasteiger partial charge in [-0.3, -0.25) is 0 Å². The summed E-state index contributed by atoms with van der Waals surface area (Å²) in [5.74, 6) is 0. The Labute approximate surface area is 302 Å². The van der Waals surface area contributed by atoms with E-state index in [1.807, 2.05) is 0 Å². The molecule has 0 N–H and O–H groups in total. The number of anilines is 3. The van der Waals surface area contributed by atoms with Gasteiger partial charge in [-0.15, -0.1) is 0 Å². The van der Waals surface area contributed by atoms with Crippen molar-refractivity contribution in [2.75, 3.05) is 4.90 Å². The first-order chi connectivity index (χ1) is 25.3. The van der Waals surface area contributed by atoms with Crippen molar-refractivity contribution in [3.8, 4) is 27.9 Å². The van der Waals surface area contributed by atoms with E-state index in [0.29, 0.717) is 14.5 Å². The fourth-order valence-electron chi connectivity index (χ4n) is 7.54. The minimum atomic E-state index is 0.335. The Morgan fingerprint density at radius 1 is 0.333 bits per heavy atom. The van der Waals surface area contributed by atoms with Crippen molar-refractivity contribution in [2.45, 2.75) is 0 Å². The van der Waals surface area contributed by atoms with Crippen LogP contribution in [0.25, 0.3) is 69.0 Å². The summed E-state index contributed by atoms with van der Waals surface area (Å²) in [6.45, 7) is 0. The third-order valence-corrected chi connectivity index (χ3v) is 12.4. The molecule has 0 bridgehead atoms. The van der Waals surface area contributed by atoms with Crippen LogP contribution in [0.15, 0.2) is 194 Å². The molecule has 0 saturated heterocycles. The van der Waals surface area contributed by atoms with Crippen molar-refractivity contribution < 1.29 is 0 Å². The third-order valence-electron chi connectivity index (χ3n) is 10.00. The molecule has 0 aliphatic rings. The number of benzene rings is 8. The molecule has 10 aromatic rings. The van der Waals surface area contributed by atoms with Gasteiger partial charge < -0.3 is 4.57 Å². The Bertz CT molecular complexity index is 2830. The third kappa shape index (κ3) is 5.18. The van der Waals surface area contributed by atoms with Crippen LogP contribution >= 0.6 is 0 Å². The average molecular weight is 716 g/mol.